The monoisotopic (exact) mass is 439 g/mol. The van der Waals surface area contributed by atoms with Crippen LogP contribution in [0.2, 0.25) is 5.02 Å². The van der Waals surface area contributed by atoms with Gasteiger partial charge in [0.2, 0.25) is 11.8 Å². The van der Waals surface area contributed by atoms with E-state index in [0.717, 1.165) is 61.5 Å². The Morgan fingerprint density at radius 3 is 2.61 bits per heavy atom. The number of benzene rings is 1. The quantitative estimate of drug-likeness (QED) is 0.767. The summed E-state index contributed by atoms with van der Waals surface area (Å²) in [6.45, 7) is 1.22. The smallest absolute Gasteiger partial charge is 0.227 e. The summed E-state index contributed by atoms with van der Waals surface area (Å²) in [5.74, 6) is 1.04. The number of hydrogen-bond acceptors (Lipinski definition) is 4. The summed E-state index contributed by atoms with van der Waals surface area (Å²) in [6.07, 6.45) is 10.9. The van der Waals surface area contributed by atoms with Crippen LogP contribution in [0, 0.1) is 5.92 Å². The summed E-state index contributed by atoms with van der Waals surface area (Å²) in [7, 11) is 0. The summed E-state index contributed by atoms with van der Waals surface area (Å²) in [5.41, 5.74) is 2.61. The zero-order valence-electron chi connectivity index (χ0n) is 17.4. The van der Waals surface area contributed by atoms with Gasteiger partial charge >= 0.3 is 0 Å². The van der Waals surface area contributed by atoms with E-state index in [1.807, 2.05) is 52.4 Å². The second-order valence-corrected chi connectivity index (χ2v) is 8.96. The molecule has 1 aliphatic carbocycles. The van der Waals surface area contributed by atoms with Gasteiger partial charge in [0, 0.05) is 41.8 Å². The summed E-state index contributed by atoms with van der Waals surface area (Å²) in [6, 6.07) is 7.89. The van der Waals surface area contributed by atoms with Crippen LogP contribution in [0.3, 0.4) is 0 Å². The molecule has 0 radical (unpaired) electrons. The largest absolute Gasteiger partial charge is 0.485 e. The van der Waals surface area contributed by atoms with Crippen LogP contribution >= 0.6 is 11.6 Å². The number of likely N-dealkylation sites (tertiary alicyclic amines) is 1. The Balaban J connectivity index is 1.28. The zero-order chi connectivity index (χ0) is 21.4. The Kier molecular flexibility index (Phi) is 5.48. The van der Waals surface area contributed by atoms with Crippen molar-refractivity contribution in [2.75, 3.05) is 18.1 Å². The number of rotatable bonds is 4. The van der Waals surface area contributed by atoms with E-state index in [0.29, 0.717) is 24.1 Å². The van der Waals surface area contributed by atoms with Crippen LogP contribution in [0.5, 0.6) is 0 Å². The van der Waals surface area contributed by atoms with Gasteiger partial charge in [-0.1, -0.05) is 11.6 Å². The molecule has 162 valence electrons. The van der Waals surface area contributed by atoms with Gasteiger partial charge in [-0.25, -0.2) is 0 Å². The molecule has 0 bridgehead atoms. The Morgan fingerprint density at radius 2 is 1.90 bits per heavy atom. The van der Waals surface area contributed by atoms with Crippen molar-refractivity contribution in [1.29, 1.82) is 0 Å². The Morgan fingerprint density at radius 1 is 1.13 bits per heavy atom. The average Bonchev–Trinajstić information content (AvgIpc) is 3.40. The molecule has 0 aromatic heterocycles. The minimum atomic E-state index is -0.0294. The van der Waals surface area contributed by atoms with Crippen molar-refractivity contribution in [3.63, 3.8) is 0 Å². The normalized spacial score (nSPS) is 25.5. The molecule has 0 unspecified atom stereocenters. The van der Waals surface area contributed by atoms with Crippen LogP contribution in [-0.4, -0.2) is 35.9 Å². The third-order valence-corrected chi connectivity index (χ3v) is 6.86. The van der Waals surface area contributed by atoms with Gasteiger partial charge in [0.05, 0.1) is 5.70 Å². The fourth-order valence-corrected chi connectivity index (χ4v) is 5.11. The molecule has 3 heterocycles. The van der Waals surface area contributed by atoms with Gasteiger partial charge in [0.25, 0.3) is 0 Å². The Hall–Kier alpha value is -2.73. The highest BCUT2D eigenvalue weighted by atomic mass is 35.5. The first kappa shape index (κ1) is 20.2. The fourth-order valence-electron chi connectivity index (χ4n) is 4.99. The molecule has 5 rings (SSSR count). The first-order valence-corrected chi connectivity index (χ1v) is 11.4. The maximum absolute atomic E-state index is 13.1. The van der Waals surface area contributed by atoms with Crippen molar-refractivity contribution in [3.8, 4) is 0 Å². The summed E-state index contributed by atoms with van der Waals surface area (Å²) in [4.78, 5) is 29.1. The molecule has 0 atom stereocenters. The third kappa shape index (κ3) is 3.97. The second-order valence-electron chi connectivity index (χ2n) is 8.52. The number of anilines is 1. The number of halogens is 1. The molecule has 1 saturated heterocycles. The molecule has 3 aliphatic heterocycles. The molecule has 2 amide bonds. The van der Waals surface area contributed by atoms with Gasteiger partial charge in [-0.15, -0.1) is 0 Å². The predicted octanol–water partition coefficient (Wildman–Crippen LogP) is 4.10. The zero-order valence-corrected chi connectivity index (χ0v) is 18.1. The van der Waals surface area contributed by atoms with Gasteiger partial charge in [-0.05, 0) is 68.5 Å². The fraction of sp³-hybridized carbons (Fsp3) is 0.417. The van der Waals surface area contributed by atoms with Crippen molar-refractivity contribution in [3.05, 3.63) is 64.8 Å². The average molecular weight is 440 g/mol. The maximum atomic E-state index is 13.1. The standard InChI is InChI=1S/C24H26ClN3O3/c25-17-7-11-19(12-8-17)28-14-1-3-21-23(28)20(15-31-21)26-24(30)16-5-9-18(10-6-16)27-13-2-4-22(27)29/h1,3,7-8,11-12,14,16,18H,2,4-6,9-10,13,15H2,(H,26,30). The second kappa shape index (κ2) is 8.42. The number of allylic oxidation sites excluding steroid dienone is 2. The lowest BCUT2D eigenvalue weighted by atomic mass is 9.84. The molecule has 31 heavy (non-hydrogen) atoms. The van der Waals surface area contributed by atoms with Crippen LogP contribution in [0.4, 0.5) is 5.69 Å². The topological polar surface area (TPSA) is 61.9 Å². The van der Waals surface area contributed by atoms with E-state index in [1.165, 1.54) is 0 Å². The van der Waals surface area contributed by atoms with E-state index in [2.05, 4.69) is 5.32 Å². The number of carbonyl (C=O) groups is 2. The lowest BCUT2D eigenvalue weighted by Gasteiger charge is -2.34. The van der Waals surface area contributed by atoms with Crippen LogP contribution in [-0.2, 0) is 14.3 Å². The summed E-state index contributed by atoms with van der Waals surface area (Å²) < 4.78 is 5.84. The van der Waals surface area contributed by atoms with Crippen LogP contribution in [0.1, 0.15) is 38.5 Å². The third-order valence-electron chi connectivity index (χ3n) is 6.61. The van der Waals surface area contributed by atoms with Crippen LogP contribution < -0.4 is 10.2 Å². The SMILES string of the molecule is O=C(NC1=C2C(=CC=CN2c2ccc(Cl)cc2)OC1)C1CCC(N2CCCC2=O)CC1. The highest BCUT2D eigenvalue weighted by Crippen LogP contribution is 2.35. The molecule has 2 fully saturated rings. The van der Waals surface area contributed by atoms with E-state index in [4.69, 9.17) is 16.3 Å². The number of carbonyl (C=O) groups excluding carboxylic acids is 2. The highest BCUT2D eigenvalue weighted by molar-refractivity contribution is 6.30. The van der Waals surface area contributed by atoms with Gasteiger partial charge in [0.1, 0.15) is 18.1 Å². The number of hydrogen-bond donors (Lipinski definition) is 1. The van der Waals surface area contributed by atoms with Gasteiger partial charge in [-0.2, -0.15) is 0 Å². The van der Waals surface area contributed by atoms with Crippen LogP contribution in [0.15, 0.2) is 59.8 Å². The lowest BCUT2D eigenvalue weighted by molar-refractivity contribution is -0.131. The van der Waals surface area contributed by atoms with Crippen molar-refractivity contribution in [2.45, 2.75) is 44.6 Å². The Bertz CT molecular complexity index is 974. The van der Waals surface area contributed by atoms with E-state index >= 15 is 0 Å². The molecular weight excluding hydrogens is 414 g/mol. The minimum absolute atomic E-state index is 0.0294. The molecule has 1 saturated carbocycles. The first-order valence-electron chi connectivity index (χ1n) is 11.0. The van der Waals surface area contributed by atoms with Gasteiger partial charge in [-0.3, -0.25) is 9.59 Å². The number of fused-ring (bicyclic) bond motifs is 1. The van der Waals surface area contributed by atoms with Gasteiger partial charge < -0.3 is 19.9 Å². The maximum Gasteiger partial charge on any atom is 0.227 e. The van der Waals surface area contributed by atoms with Crippen molar-refractivity contribution < 1.29 is 14.3 Å². The van der Waals surface area contributed by atoms with E-state index < -0.39 is 0 Å². The number of amides is 2. The van der Waals surface area contributed by atoms with Crippen molar-refractivity contribution in [2.24, 2.45) is 5.92 Å². The molecule has 1 N–H and O–H groups in total. The molecule has 1 aromatic rings. The lowest BCUT2D eigenvalue weighted by Crippen LogP contribution is -2.41. The number of ether oxygens (including phenoxy) is 1. The first-order chi connectivity index (χ1) is 15.1. The molecule has 1 aromatic carbocycles. The number of nitrogens with zero attached hydrogens (tertiary/aromatic N) is 2. The molecule has 7 heteroatoms. The molecular formula is C24H26ClN3O3. The summed E-state index contributed by atoms with van der Waals surface area (Å²) in [5, 5.41) is 3.82. The minimum Gasteiger partial charge on any atom is -0.485 e. The predicted molar refractivity (Wildman–Crippen MR) is 119 cm³/mol. The van der Waals surface area contributed by atoms with E-state index in [-0.39, 0.29) is 17.7 Å². The molecule has 4 aliphatic rings. The summed E-state index contributed by atoms with van der Waals surface area (Å²) >= 11 is 6.04. The molecule has 0 spiro atoms. The Labute approximate surface area is 187 Å². The van der Waals surface area contributed by atoms with Gasteiger partial charge in [0.15, 0.2) is 0 Å². The highest BCUT2D eigenvalue weighted by Gasteiger charge is 2.35. The number of nitrogens with one attached hydrogen (secondary N) is 1. The molecule has 6 nitrogen and oxygen atoms in total. The van der Waals surface area contributed by atoms with E-state index in [9.17, 15) is 9.59 Å². The van der Waals surface area contributed by atoms with Crippen molar-refractivity contribution in [1.82, 2.24) is 10.2 Å². The van der Waals surface area contributed by atoms with Crippen LogP contribution in [0.25, 0.3) is 0 Å². The van der Waals surface area contributed by atoms with E-state index in [1.54, 1.807) is 0 Å². The van der Waals surface area contributed by atoms with Crippen molar-refractivity contribution >= 4 is 29.1 Å².